The van der Waals surface area contributed by atoms with Crippen molar-refractivity contribution in [1.29, 1.82) is 0 Å². The number of furan rings is 2. The van der Waals surface area contributed by atoms with Gasteiger partial charge in [-0.1, -0.05) is 307 Å². The Bertz CT molecular complexity index is 6220. The topological polar surface area (TPSA) is 73.2 Å². The lowest BCUT2D eigenvalue weighted by Gasteiger charge is -2.27. The number of anilines is 6. The number of hydrogen-bond donors (Lipinski definition) is 2. The predicted octanol–water partition coefficient (Wildman–Crippen LogP) is 27.2. The van der Waals surface area contributed by atoms with E-state index in [1.54, 1.807) is 24.3 Å². The quantitative estimate of drug-likeness (QED) is 0.119. The number of halogens is 1. The Morgan fingerprint density at radius 2 is 0.573 bits per heavy atom. The van der Waals surface area contributed by atoms with Crippen molar-refractivity contribution in [3.8, 4) is 77.9 Å². The Balaban J connectivity index is 0.000000139. The van der Waals surface area contributed by atoms with Crippen LogP contribution in [-0.2, 0) is 10.8 Å². The van der Waals surface area contributed by atoms with E-state index in [1.165, 1.54) is 89.0 Å². The summed E-state index contributed by atoms with van der Waals surface area (Å²) in [5.74, 6) is 0. The van der Waals surface area contributed by atoms with Gasteiger partial charge in [-0.2, -0.15) is 0 Å². The van der Waals surface area contributed by atoms with E-state index in [4.69, 9.17) is 18.9 Å². The lowest BCUT2D eigenvalue weighted by Crippen LogP contribution is -2.29. The molecule has 2 aliphatic rings. The molecule has 0 radical (unpaired) electrons. The highest BCUT2D eigenvalue weighted by Gasteiger charge is 2.38. The molecule has 16 aromatic carbocycles. The van der Waals surface area contributed by atoms with Gasteiger partial charge in [-0.05, 0) is 213 Å². The number of nitrogens with zero attached hydrogens (tertiary/aromatic N) is 2. The van der Waals surface area contributed by atoms with Gasteiger partial charge in [-0.3, -0.25) is 0 Å². The van der Waals surface area contributed by atoms with Gasteiger partial charge in [-0.25, -0.2) is 0 Å². The van der Waals surface area contributed by atoms with E-state index < -0.39 is 7.12 Å². The molecule has 2 heterocycles. The van der Waals surface area contributed by atoms with Crippen molar-refractivity contribution in [3.05, 3.63) is 403 Å². The lowest BCUT2D eigenvalue weighted by atomic mass is 9.81. The molecule has 0 saturated carbocycles. The van der Waals surface area contributed by atoms with E-state index in [2.05, 4.69) is 399 Å². The zero-order valence-electron chi connectivity index (χ0n) is 61.4. The zero-order chi connectivity index (χ0) is 74.6. The normalized spacial score (nSPS) is 12.6. The Hall–Kier alpha value is -12.8. The van der Waals surface area contributed by atoms with Gasteiger partial charge in [0.1, 0.15) is 16.7 Å². The molecule has 2 aromatic heterocycles. The number of hydrogen-bond acceptors (Lipinski definition) is 6. The highest BCUT2D eigenvalue weighted by molar-refractivity contribution is 9.10. The molecule has 2 N–H and O–H groups in total. The molecule has 18 aromatic rings. The first-order valence-electron chi connectivity index (χ1n) is 37.4. The minimum absolute atomic E-state index is 0.105. The smallest absolute Gasteiger partial charge is 0.455 e. The maximum Gasteiger partial charge on any atom is 0.488 e. The fourth-order valence-electron chi connectivity index (χ4n) is 16.5. The maximum absolute atomic E-state index is 8.58. The van der Waals surface area contributed by atoms with Crippen molar-refractivity contribution < 1.29 is 18.9 Å². The molecule has 6 nitrogen and oxygen atoms in total. The van der Waals surface area contributed by atoms with Gasteiger partial charge >= 0.3 is 7.12 Å². The molecule has 20 rings (SSSR count). The molecule has 0 unspecified atom stereocenters. The van der Waals surface area contributed by atoms with Crippen molar-refractivity contribution in [1.82, 2.24) is 0 Å². The van der Waals surface area contributed by atoms with Gasteiger partial charge in [0.25, 0.3) is 0 Å². The first-order valence-corrected chi connectivity index (χ1v) is 38.2. The fraction of sp³-hybridized carbons (Fsp3) is 0.0588. The van der Waals surface area contributed by atoms with E-state index in [9.17, 15) is 0 Å². The summed E-state index contributed by atoms with van der Waals surface area (Å²) in [5, 5.41) is 21.6. The van der Waals surface area contributed by atoms with Crippen LogP contribution in [0.5, 0.6) is 0 Å². The molecule has 8 heteroatoms. The minimum atomic E-state index is -1.34. The monoisotopic (exact) mass is 1480 g/mol. The van der Waals surface area contributed by atoms with E-state index in [-0.39, 0.29) is 10.8 Å². The van der Waals surface area contributed by atoms with E-state index in [1.807, 2.05) is 6.07 Å². The van der Waals surface area contributed by atoms with Gasteiger partial charge < -0.3 is 28.7 Å². The number of benzene rings is 16. The summed E-state index contributed by atoms with van der Waals surface area (Å²) in [4.78, 5) is 4.75. The van der Waals surface area contributed by atoms with E-state index in [0.29, 0.717) is 5.46 Å². The summed E-state index contributed by atoms with van der Waals surface area (Å²) in [6, 6.07) is 133. The molecule has 2 aliphatic carbocycles. The highest BCUT2D eigenvalue weighted by Crippen LogP contribution is 2.56. The third kappa shape index (κ3) is 12.6. The Morgan fingerprint density at radius 1 is 0.273 bits per heavy atom. The largest absolute Gasteiger partial charge is 0.488 e. The second kappa shape index (κ2) is 28.7. The van der Waals surface area contributed by atoms with Crippen LogP contribution in [0, 0.1) is 0 Å². The fourth-order valence-corrected chi connectivity index (χ4v) is 16.9. The lowest BCUT2D eigenvalue weighted by molar-refractivity contribution is 0.426. The second-order valence-electron chi connectivity index (χ2n) is 29.4. The first kappa shape index (κ1) is 69.0. The van der Waals surface area contributed by atoms with Gasteiger partial charge in [0, 0.05) is 49.9 Å². The maximum atomic E-state index is 8.58. The van der Waals surface area contributed by atoms with Crippen molar-refractivity contribution in [2.24, 2.45) is 0 Å². The Labute approximate surface area is 650 Å². The predicted molar refractivity (Wildman–Crippen MR) is 463 cm³/mol. The van der Waals surface area contributed by atoms with Gasteiger partial charge in [-0.15, -0.1) is 0 Å². The molecule has 0 saturated heterocycles. The zero-order valence-corrected chi connectivity index (χ0v) is 62.9. The molecule has 0 atom stereocenters. The third-order valence-corrected chi connectivity index (χ3v) is 22.8. The molecule has 0 amide bonds. The van der Waals surface area contributed by atoms with Crippen molar-refractivity contribution in [2.75, 3.05) is 9.80 Å². The van der Waals surface area contributed by atoms with Crippen LogP contribution >= 0.6 is 15.9 Å². The van der Waals surface area contributed by atoms with Crippen molar-refractivity contribution in [3.63, 3.8) is 0 Å². The van der Waals surface area contributed by atoms with E-state index in [0.717, 1.165) is 93.6 Å². The number of rotatable bonds is 12. The summed E-state index contributed by atoms with van der Waals surface area (Å²) in [5.41, 5.74) is 32.5. The molecule has 0 spiro atoms. The minimum Gasteiger partial charge on any atom is -0.455 e. The summed E-state index contributed by atoms with van der Waals surface area (Å²) >= 11 is 3.85. The van der Waals surface area contributed by atoms with Crippen LogP contribution in [0.3, 0.4) is 0 Å². The summed E-state index contributed by atoms with van der Waals surface area (Å²) in [6.07, 6.45) is 0. The standard InChI is InChI=1S/C51H37NO.C45H32BrNO.C6H7BO2/c1-51(2)45-21-13-12-20-42(45)43-32-44-48(33-46(43)51)53-50-41(38-18-10-5-11-19-38)30-31-47(49(44)50)52(39-26-22-36(23-27-39)34-14-6-3-7-15-34)40-28-24-37(25-29-40)35-16-8-4-9-17-35;1-45(2)38-16-10-9-15-35(38)36-27-37-42(28-39(36)45)48-44-40(46)25-26-41(43(37)44)47(33-21-17-31(18-22-33)29-11-5-3-6-12-29)34-23-19-32(20-24-34)30-13-7-4-8-14-30;8-7(9)6-4-2-1-3-5-6/h3-33H,1-2H3;3-28H,1-2H3;1-5,8-9H. The van der Waals surface area contributed by atoms with Crippen LogP contribution in [0.2, 0.25) is 0 Å². The molecule has 0 fully saturated rings. The van der Waals surface area contributed by atoms with Crippen LogP contribution in [0.25, 0.3) is 122 Å². The van der Waals surface area contributed by atoms with Gasteiger partial charge in [0.05, 0.1) is 26.6 Å². The molecule has 0 bridgehead atoms. The van der Waals surface area contributed by atoms with Crippen molar-refractivity contribution >= 4 is 107 Å². The van der Waals surface area contributed by atoms with Crippen LogP contribution in [0.15, 0.2) is 389 Å². The molecular formula is C102H76BBrN2O4. The second-order valence-corrected chi connectivity index (χ2v) is 30.3. The summed E-state index contributed by atoms with van der Waals surface area (Å²) in [7, 11) is -1.34. The van der Waals surface area contributed by atoms with Gasteiger partial charge in [0.15, 0.2) is 5.58 Å². The summed E-state index contributed by atoms with van der Waals surface area (Å²) in [6.45, 7) is 9.28. The highest BCUT2D eigenvalue weighted by atomic mass is 79.9. The molecular weight excluding hydrogens is 1410 g/mol. The molecule has 0 aliphatic heterocycles. The van der Waals surface area contributed by atoms with Gasteiger partial charge in [0.2, 0.25) is 0 Å². The molecule has 528 valence electrons. The third-order valence-electron chi connectivity index (χ3n) is 22.1. The van der Waals surface area contributed by atoms with Crippen molar-refractivity contribution in [2.45, 2.75) is 38.5 Å². The van der Waals surface area contributed by atoms with E-state index >= 15 is 0 Å². The van der Waals surface area contributed by atoms with Crippen LogP contribution in [0.1, 0.15) is 49.9 Å². The Morgan fingerprint density at radius 3 is 0.927 bits per heavy atom. The Kier molecular flexibility index (Phi) is 18.0. The molecule has 110 heavy (non-hydrogen) atoms. The SMILES string of the molecule is CC1(C)c2ccccc2-c2cc3c(cc21)oc1c(-c2ccccc2)ccc(N(c2ccc(-c4ccccc4)cc2)c2ccc(-c4ccccc4)cc2)c13.CC1(C)c2ccccc2-c2cc3c(cc21)oc1c(Br)ccc(N(c2ccc(-c4ccccc4)cc2)c2ccc(-c4ccccc4)cc2)c13.OB(O)c1ccccc1. The average Bonchev–Trinajstić information content (AvgIpc) is 1.55. The van der Waals surface area contributed by atoms with Crippen LogP contribution in [0.4, 0.5) is 34.1 Å². The first-order chi connectivity index (χ1) is 53.8. The van der Waals surface area contributed by atoms with Crippen LogP contribution < -0.4 is 15.3 Å². The summed E-state index contributed by atoms with van der Waals surface area (Å²) < 4.78 is 14.7. The average molecular weight is 1480 g/mol. The number of fused-ring (bicyclic) bond motifs is 12. The van der Waals surface area contributed by atoms with Crippen LogP contribution in [-0.4, -0.2) is 17.2 Å².